The highest BCUT2D eigenvalue weighted by molar-refractivity contribution is 5.30. The van der Waals surface area contributed by atoms with Crippen molar-refractivity contribution in [1.29, 1.82) is 0 Å². The third-order valence-electron chi connectivity index (χ3n) is 13.6. The van der Waals surface area contributed by atoms with Crippen molar-refractivity contribution < 1.29 is 54.0 Å². The van der Waals surface area contributed by atoms with Gasteiger partial charge in [-0.15, -0.1) is 0 Å². The molecule has 5 N–H and O–H groups in total. The first-order valence-electron chi connectivity index (χ1n) is 17.5. The molecule has 16 atom stereocenters. The topological polar surface area (TPSA) is 157 Å². The van der Waals surface area contributed by atoms with E-state index in [4.69, 9.17) is 28.4 Å². The van der Waals surface area contributed by atoms with Gasteiger partial charge in [-0.25, -0.2) is 0 Å². The van der Waals surface area contributed by atoms with Crippen LogP contribution in [0.1, 0.15) is 91.9 Å². The number of fused-ring (bicyclic) bond motifs is 5. The molecule has 2 heterocycles. The number of aliphatic hydroxyl groups excluding tert-OH is 3. The van der Waals surface area contributed by atoms with Crippen LogP contribution in [0.2, 0.25) is 0 Å². The minimum absolute atomic E-state index is 0.00871. The van der Waals surface area contributed by atoms with Crippen molar-refractivity contribution in [2.24, 2.45) is 22.7 Å². The molecule has 0 bridgehead atoms. The monoisotopic (exact) mass is 654 g/mol. The fourth-order valence-corrected chi connectivity index (χ4v) is 10.6. The molecular weight excluding hydrogens is 596 g/mol. The average molecular weight is 655 g/mol. The predicted octanol–water partition coefficient (Wildman–Crippen LogP) is 2.58. The Balaban J connectivity index is 1.08. The van der Waals surface area contributed by atoms with Crippen molar-refractivity contribution in [3.63, 3.8) is 0 Å². The number of aliphatic hydroxyl groups is 5. The van der Waals surface area contributed by atoms with Crippen LogP contribution in [0.15, 0.2) is 11.6 Å². The van der Waals surface area contributed by atoms with Crippen LogP contribution in [0.25, 0.3) is 0 Å². The van der Waals surface area contributed by atoms with Crippen molar-refractivity contribution in [3.8, 4) is 0 Å². The average Bonchev–Trinajstić information content (AvgIpc) is 3.23. The first-order valence-corrected chi connectivity index (χ1v) is 17.5. The lowest BCUT2D eigenvalue weighted by Crippen LogP contribution is -2.66. The van der Waals surface area contributed by atoms with Crippen LogP contribution in [0.4, 0.5) is 0 Å². The molecule has 264 valence electrons. The summed E-state index contributed by atoms with van der Waals surface area (Å²) in [4.78, 5) is 0. The van der Waals surface area contributed by atoms with E-state index in [1.807, 2.05) is 13.8 Å². The lowest BCUT2D eigenvalue weighted by molar-refractivity contribution is -0.317. The van der Waals surface area contributed by atoms with Crippen molar-refractivity contribution in [1.82, 2.24) is 0 Å². The van der Waals surface area contributed by atoms with Crippen LogP contribution in [-0.2, 0) is 28.4 Å². The van der Waals surface area contributed by atoms with Gasteiger partial charge in [0.15, 0.2) is 12.6 Å². The molecule has 2 aliphatic heterocycles. The van der Waals surface area contributed by atoms with Gasteiger partial charge in [-0.3, -0.25) is 0 Å². The SMILES string of the molecule is COC[C@H](O)[C@]1(O)CC[C@]2(O)[C@@H]3CC=C4C[C@@H](O[C@H]5C[C@H](O)[C@H](O[C@H]6C[C@H](OC)[C@H](O)[C@@H](C)O6)[C@@H](C)O5)CC[C@]4(C)[C@H]3CC[C@]12C. The second-order valence-corrected chi connectivity index (χ2v) is 15.7. The van der Waals surface area contributed by atoms with Crippen molar-refractivity contribution >= 4 is 0 Å². The zero-order valence-electron chi connectivity index (χ0n) is 28.5. The highest BCUT2D eigenvalue weighted by Gasteiger charge is 2.72. The summed E-state index contributed by atoms with van der Waals surface area (Å²) >= 11 is 0. The summed E-state index contributed by atoms with van der Waals surface area (Å²) in [6.07, 6.45) is 2.96. The maximum Gasteiger partial charge on any atom is 0.161 e. The summed E-state index contributed by atoms with van der Waals surface area (Å²) in [6, 6.07) is 0. The molecule has 11 nitrogen and oxygen atoms in total. The smallest absolute Gasteiger partial charge is 0.161 e. The van der Waals surface area contributed by atoms with Gasteiger partial charge in [0.1, 0.15) is 23.9 Å². The number of methoxy groups -OCH3 is 2. The van der Waals surface area contributed by atoms with Gasteiger partial charge in [0.05, 0.1) is 42.7 Å². The van der Waals surface area contributed by atoms with Crippen molar-refractivity contribution in [2.45, 2.75) is 165 Å². The van der Waals surface area contributed by atoms with E-state index in [-0.39, 0.29) is 36.4 Å². The van der Waals surface area contributed by atoms with Gasteiger partial charge in [-0.1, -0.05) is 25.5 Å². The van der Waals surface area contributed by atoms with Crippen LogP contribution >= 0.6 is 0 Å². The molecular formula is C35H58O11. The van der Waals surface area contributed by atoms with Gasteiger partial charge in [0.25, 0.3) is 0 Å². The lowest BCUT2D eigenvalue weighted by atomic mass is 9.45. The Labute approximate surface area is 273 Å². The molecule has 0 aromatic carbocycles. The van der Waals surface area contributed by atoms with Crippen LogP contribution in [0, 0.1) is 22.7 Å². The Kier molecular flexibility index (Phi) is 9.84. The van der Waals surface area contributed by atoms with Gasteiger partial charge < -0.3 is 54.0 Å². The summed E-state index contributed by atoms with van der Waals surface area (Å²) in [5.74, 6) is 0.289. The molecule has 0 amide bonds. The van der Waals surface area contributed by atoms with E-state index in [1.165, 1.54) is 12.7 Å². The number of hydrogen-bond acceptors (Lipinski definition) is 11. The van der Waals surface area contributed by atoms with Gasteiger partial charge in [0, 0.05) is 32.5 Å². The fourth-order valence-electron chi connectivity index (χ4n) is 10.6. The van der Waals surface area contributed by atoms with E-state index < -0.39 is 71.9 Å². The van der Waals surface area contributed by atoms with Gasteiger partial charge in [-0.05, 0) is 82.5 Å². The standard InChI is InChI=1S/C35H58O11/c1-19-30(38)26(42-6)17-29(43-19)46-31-20(2)44-28(16-25(31)36)45-22-9-11-32(3)21(15-22)7-8-24-23(32)10-12-33(4)34(24,39)13-14-35(33,40)27(37)18-41-5/h7,19-20,22-31,36-40H,8-18H2,1-6H3/t19-,20-,22+,23+,24-,25+,26+,27+,28+,29+,30-,31-,32+,33+,34+,35-/m1/s1. The van der Waals surface area contributed by atoms with E-state index in [2.05, 4.69) is 13.0 Å². The van der Waals surface area contributed by atoms with Crippen molar-refractivity contribution in [2.75, 3.05) is 20.8 Å². The Morgan fingerprint density at radius 1 is 0.913 bits per heavy atom. The summed E-state index contributed by atoms with van der Waals surface area (Å²) in [5.41, 5.74) is -1.97. The molecule has 4 aliphatic carbocycles. The van der Waals surface area contributed by atoms with E-state index in [0.29, 0.717) is 25.7 Å². The normalized spacial score (nSPS) is 53.1. The first kappa shape index (κ1) is 35.1. The highest BCUT2D eigenvalue weighted by Crippen LogP contribution is 2.69. The summed E-state index contributed by atoms with van der Waals surface area (Å²) < 4.78 is 35.3. The van der Waals surface area contributed by atoms with Crippen LogP contribution in [-0.4, -0.2) is 119 Å². The zero-order chi connectivity index (χ0) is 33.2. The maximum absolute atomic E-state index is 12.4. The maximum atomic E-state index is 12.4. The largest absolute Gasteiger partial charge is 0.390 e. The zero-order valence-corrected chi connectivity index (χ0v) is 28.5. The Morgan fingerprint density at radius 2 is 1.63 bits per heavy atom. The molecule has 6 rings (SSSR count). The van der Waals surface area contributed by atoms with Crippen LogP contribution < -0.4 is 0 Å². The second kappa shape index (κ2) is 12.9. The molecule has 0 unspecified atom stereocenters. The molecule has 46 heavy (non-hydrogen) atoms. The second-order valence-electron chi connectivity index (χ2n) is 15.7. The molecule has 0 aromatic rings. The molecule has 3 saturated carbocycles. The van der Waals surface area contributed by atoms with E-state index in [9.17, 15) is 25.5 Å². The van der Waals surface area contributed by atoms with Gasteiger partial charge in [0.2, 0.25) is 0 Å². The predicted molar refractivity (Wildman–Crippen MR) is 166 cm³/mol. The molecule has 0 radical (unpaired) electrons. The quantitative estimate of drug-likeness (QED) is 0.245. The summed E-state index contributed by atoms with van der Waals surface area (Å²) in [5, 5.41) is 56.5. The Bertz CT molecular complexity index is 1110. The first-order chi connectivity index (χ1) is 21.7. The highest BCUT2D eigenvalue weighted by atomic mass is 16.7. The Hall–Kier alpha value is -0.700. The number of rotatable bonds is 8. The molecule has 0 aromatic heterocycles. The summed E-state index contributed by atoms with van der Waals surface area (Å²) in [7, 11) is 3.08. The number of allylic oxidation sites excluding steroid dienone is 1. The fraction of sp³-hybridized carbons (Fsp3) is 0.943. The summed E-state index contributed by atoms with van der Waals surface area (Å²) in [6.45, 7) is 8.01. The molecule has 5 fully saturated rings. The van der Waals surface area contributed by atoms with Crippen molar-refractivity contribution in [3.05, 3.63) is 11.6 Å². The Morgan fingerprint density at radius 3 is 2.33 bits per heavy atom. The molecule has 11 heteroatoms. The van der Waals surface area contributed by atoms with Gasteiger partial charge >= 0.3 is 0 Å². The minimum Gasteiger partial charge on any atom is -0.390 e. The molecule has 0 spiro atoms. The van der Waals surface area contributed by atoms with E-state index >= 15 is 0 Å². The number of ether oxygens (including phenoxy) is 6. The van der Waals surface area contributed by atoms with Crippen LogP contribution in [0.5, 0.6) is 0 Å². The third-order valence-corrected chi connectivity index (χ3v) is 13.6. The third kappa shape index (κ3) is 5.54. The van der Waals surface area contributed by atoms with Crippen LogP contribution in [0.3, 0.4) is 0 Å². The molecule has 2 saturated heterocycles. The minimum atomic E-state index is -1.39. The van der Waals surface area contributed by atoms with E-state index in [1.54, 1.807) is 14.0 Å². The van der Waals surface area contributed by atoms with E-state index in [0.717, 1.165) is 32.1 Å². The number of hydrogen-bond donors (Lipinski definition) is 5. The molecule has 6 aliphatic rings. The van der Waals surface area contributed by atoms with Gasteiger partial charge in [-0.2, -0.15) is 0 Å². The lowest BCUT2D eigenvalue weighted by Gasteiger charge is -2.62.